The Morgan fingerprint density at radius 3 is 2.76 bits per heavy atom. The molecule has 3 rings (SSSR count). The number of hydrogen-bond acceptors (Lipinski definition) is 3. The van der Waals surface area contributed by atoms with E-state index in [-0.39, 0.29) is 11.4 Å². The summed E-state index contributed by atoms with van der Waals surface area (Å²) in [6.45, 7) is 6.70. The molecule has 1 aliphatic rings. The molecule has 0 bridgehead atoms. The molecule has 2 aromatic rings. The summed E-state index contributed by atoms with van der Waals surface area (Å²) in [5, 5.41) is 0.978. The standard InChI is InChI=1S/C16H22N4O/c1-16(2)10-20(8-7-19(16)3)15(21)13-9-11-5-4-6-12(17)14(11)18-13/h4-6,9,18H,7-8,10,17H2,1-3H3. The zero-order valence-electron chi connectivity index (χ0n) is 12.8. The average molecular weight is 286 g/mol. The van der Waals surface area contributed by atoms with Crippen molar-refractivity contribution in [1.82, 2.24) is 14.8 Å². The number of nitrogens with zero attached hydrogens (tertiary/aromatic N) is 2. The number of H-pyrrole nitrogens is 1. The van der Waals surface area contributed by atoms with Gasteiger partial charge in [0, 0.05) is 30.6 Å². The van der Waals surface area contributed by atoms with Crippen molar-refractivity contribution in [2.45, 2.75) is 19.4 Å². The van der Waals surface area contributed by atoms with Crippen LogP contribution in [0.5, 0.6) is 0 Å². The zero-order valence-corrected chi connectivity index (χ0v) is 12.8. The third kappa shape index (κ3) is 2.38. The molecular weight excluding hydrogens is 264 g/mol. The van der Waals surface area contributed by atoms with Gasteiger partial charge in [-0.1, -0.05) is 12.1 Å². The highest BCUT2D eigenvalue weighted by Crippen LogP contribution is 2.24. The lowest BCUT2D eigenvalue weighted by atomic mass is 9.99. The molecule has 0 saturated carbocycles. The van der Waals surface area contributed by atoms with Gasteiger partial charge in [-0.25, -0.2) is 0 Å². The molecule has 1 saturated heterocycles. The summed E-state index contributed by atoms with van der Waals surface area (Å²) in [6.07, 6.45) is 0. The van der Waals surface area contributed by atoms with Crippen LogP contribution in [0.15, 0.2) is 24.3 Å². The number of likely N-dealkylation sites (N-methyl/N-ethyl adjacent to an activating group) is 1. The molecule has 1 aromatic carbocycles. The first kappa shape index (κ1) is 13.9. The van der Waals surface area contributed by atoms with Crippen LogP contribution in [0.3, 0.4) is 0 Å². The van der Waals surface area contributed by atoms with Gasteiger partial charge in [-0.15, -0.1) is 0 Å². The SMILES string of the molecule is CN1CCN(C(=O)c2cc3cccc(N)c3[nH]2)CC1(C)C. The average Bonchev–Trinajstić information content (AvgIpc) is 2.86. The first-order valence-corrected chi connectivity index (χ1v) is 7.26. The van der Waals surface area contributed by atoms with Crippen molar-refractivity contribution in [1.29, 1.82) is 0 Å². The number of anilines is 1. The minimum atomic E-state index is -0.00104. The molecule has 3 N–H and O–H groups in total. The number of rotatable bonds is 1. The van der Waals surface area contributed by atoms with Gasteiger partial charge in [-0.3, -0.25) is 9.69 Å². The molecule has 1 aromatic heterocycles. The fraction of sp³-hybridized carbons (Fsp3) is 0.438. The van der Waals surface area contributed by atoms with Gasteiger partial charge in [0.1, 0.15) is 5.69 Å². The lowest BCUT2D eigenvalue weighted by Crippen LogP contribution is -2.58. The van der Waals surface area contributed by atoms with Crippen LogP contribution < -0.4 is 5.73 Å². The Hall–Kier alpha value is -2.01. The lowest BCUT2D eigenvalue weighted by Gasteiger charge is -2.45. The van der Waals surface area contributed by atoms with Crippen molar-refractivity contribution in [3.05, 3.63) is 30.0 Å². The Bertz CT molecular complexity index is 689. The van der Waals surface area contributed by atoms with Crippen LogP contribution >= 0.6 is 0 Å². The normalized spacial score (nSPS) is 19.1. The van der Waals surface area contributed by atoms with Crippen molar-refractivity contribution < 1.29 is 4.79 Å². The maximum atomic E-state index is 12.7. The van der Waals surface area contributed by atoms with Crippen LogP contribution in [0.2, 0.25) is 0 Å². The monoisotopic (exact) mass is 286 g/mol. The van der Waals surface area contributed by atoms with E-state index in [1.165, 1.54) is 0 Å². The highest BCUT2D eigenvalue weighted by atomic mass is 16.2. The first-order valence-electron chi connectivity index (χ1n) is 7.26. The molecule has 5 heteroatoms. The molecule has 1 amide bonds. The minimum Gasteiger partial charge on any atom is -0.397 e. The molecular formula is C16H22N4O. The third-order valence-corrected chi connectivity index (χ3v) is 4.52. The fourth-order valence-corrected chi connectivity index (χ4v) is 2.88. The van der Waals surface area contributed by atoms with Crippen molar-refractivity contribution in [3.63, 3.8) is 0 Å². The first-order chi connectivity index (χ1) is 9.88. The third-order valence-electron chi connectivity index (χ3n) is 4.52. The van der Waals surface area contributed by atoms with E-state index < -0.39 is 0 Å². The van der Waals surface area contributed by atoms with Gasteiger partial charge in [0.05, 0.1) is 11.2 Å². The summed E-state index contributed by atoms with van der Waals surface area (Å²) in [5.74, 6) is 0.0479. The number of piperazine rings is 1. The van der Waals surface area contributed by atoms with E-state index in [1.54, 1.807) is 0 Å². The Balaban J connectivity index is 1.89. The van der Waals surface area contributed by atoms with Gasteiger partial charge < -0.3 is 15.6 Å². The highest BCUT2D eigenvalue weighted by Gasteiger charge is 2.33. The predicted octanol–water partition coefficient (Wildman–Crippen LogP) is 1.92. The van der Waals surface area contributed by atoms with Gasteiger partial charge in [0.15, 0.2) is 0 Å². The minimum absolute atomic E-state index is 0.00104. The Kier molecular flexibility index (Phi) is 3.17. The molecule has 0 atom stereocenters. The number of aromatic nitrogens is 1. The maximum Gasteiger partial charge on any atom is 0.270 e. The number of nitrogens with one attached hydrogen (secondary N) is 1. The summed E-state index contributed by atoms with van der Waals surface area (Å²) < 4.78 is 0. The van der Waals surface area contributed by atoms with Crippen LogP contribution in [0.25, 0.3) is 10.9 Å². The van der Waals surface area contributed by atoms with Crippen LogP contribution in [0.4, 0.5) is 5.69 Å². The molecule has 0 radical (unpaired) electrons. The van der Waals surface area contributed by atoms with Gasteiger partial charge >= 0.3 is 0 Å². The number of fused-ring (bicyclic) bond motifs is 1. The number of aromatic amines is 1. The second kappa shape index (κ2) is 4.77. The van der Waals surface area contributed by atoms with Crippen LogP contribution in [0.1, 0.15) is 24.3 Å². The van der Waals surface area contributed by atoms with Crippen LogP contribution in [-0.2, 0) is 0 Å². The van der Waals surface area contributed by atoms with Crippen LogP contribution in [-0.4, -0.2) is 52.9 Å². The maximum absolute atomic E-state index is 12.7. The molecule has 2 heterocycles. The van der Waals surface area contributed by atoms with E-state index in [4.69, 9.17) is 5.73 Å². The van der Waals surface area contributed by atoms with Gasteiger partial charge in [0.2, 0.25) is 0 Å². The van der Waals surface area contributed by atoms with E-state index in [1.807, 2.05) is 29.2 Å². The Morgan fingerprint density at radius 2 is 2.10 bits per heavy atom. The largest absolute Gasteiger partial charge is 0.397 e. The van der Waals surface area contributed by atoms with E-state index in [9.17, 15) is 4.79 Å². The summed E-state index contributed by atoms with van der Waals surface area (Å²) in [4.78, 5) is 20.1. The van der Waals surface area contributed by atoms with Crippen molar-refractivity contribution >= 4 is 22.5 Å². The highest BCUT2D eigenvalue weighted by molar-refractivity contribution is 6.00. The van der Waals surface area contributed by atoms with Gasteiger partial charge in [-0.05, 0) is 33.0 Å². The molecule has 21 heavy (non-hydrogen) atoms. The molecule has 0 aliphatic carbocycles. The topological polar surface area (TPSA) is 65.4 Å². The van der Waals surface area contributed by atoms with E-state index in [0.29, 0.717) is 11.4 Å². The zero-order chi connectivity index (χ0) is 15.2. The molecule has 0 unspecified atom stereocenters. The predicted molar refractivity (Wildman–Crippen MR) is 85.3 cm³/mol. The number of para-hydroxylation sites is 1. The number of hydrogen-bond donors (Lipinski definition) is 2. The van der Waals surface area contributed by atoms with Crippen molar-refractivity contribution in [2.75, 3.05) is 32.4 Å². The van der Waals surface area contributed by atoms with Gasteiger partial charge in [-0.2, -0.15) is 0 Å². The van der Waals surface area contributed by atoms with E-state index in [0.717, 1.165) is 30.5 Å². The second-order valence-electron chi connectivity index (χ2n) is 6.46. The fourth-order valence-electron chi connectivity index (χ4n) is 2.88. The Morgan fingerprint density at radius 1 is 1.33 bits per heavy atom. The summed E-state index contributed by atoms with van der Waals surface area (Å²) in [7, 11) is 2.10. The summed E-state index contributed by atoms with van der Waals surface area (Å²) in [6, 6.07) is 7.59. The van der Waals surface area contributed by atoms with Crippen molar-refractivity contribution in [3.8, 4) is 0 Å². The Labute approximate surface area is 124 Å². The number of nitrogen functional groups attached to an aromatic ring is 1. The van der Waals surface area contributed by atoms with Crippen LogP contribution in [0, 0.1) is 0 Å². The molecule has 0 spiro atoms. The second-order valence-corrected chi connectivity index (χ2v) is 6.46. The van der Waals surface area contributed by atoms with Gasteiger partial charge in [0.25, 0.3) is 5.91 Å². The van der Waals surface area contributed by atoms with E-state index in [2.05, 4.69) is 30.8 Å². The van der Waals surface area contributed by atoms with E-state index >= 15 is 0 Å². The number of benzene rings is 1. The van der Waals surface area contributed by atoms with Crippen molar-refractivity contribution in [2.24, 2.45) is 0 Å². The number of carbonyl (C=O) groups is 1. The number of amides is 1. The number of nitrogens with two attached hydrogens (primary N) is 1. The summed E-state index contributed by atoms with van der Waals surface area (Å²) >= 11 is 0. The molecule has 1 fully saturated rings. The quantitative estimate of drug-likeness (QED) is 0.787. The lowest BCUT2D eigenvalue weighted by molar-refractivity contribution is 0.0308. The molecule has 112 valence electrons. The smallest absolute Gasteiger partial charge is 0.270 e. The summed E-state index contributed by atoms with van der Waals surface area (Å²) in [5.41, 5.74) is 8.07. The molecule has 1 aliphatic heterocycles. The molecule has 5 nitrogen and oxygen atoms in total. The number of carbonyl (C=O) groups excluding carboxylic acids is 1.